The first-order valence-electron chi connectivity index (χ1n) is 8.22. The maximum Gasteiger partial charge on any atom is 0.152 e. The van der Waals surface area contributed by atoms with E-state index in [0.717, 1.165) is 41.0 Å². The van der Waals surface area contributed by atoms with E-state index in [1.165, 1.54) is 11.3 Å². The van der Waals surface area contributed by atoms with Crippen molar-refractivity contribution in [3.8, 4) is 10.6 Å². The number of aldehydes is 1. The highest BCUT2D eigenvalue weighted by Crippen LogP contribution is 2.37. The molecule has 0 saturated heterocycles. The number of Topliss-reactive ketones (excluding diaryl/α,β-unsaturated/α-hetero) is 1. The second-order valence-electron chi connectivity index (χ2n) is 6.60. The van der Waals surface area contributed by atoms with E-state index in [9.17, 15) is 9.59 Å². The zero-order chi connectivity index (χ0) is 17.3. The lowest BCUT2D eigenvalue weighted by atomic mass is 9.89. The van der Waals surface area contributed by atoms with E-state index in [0.29, 0.717) is 16.6 Å². The van der Waals surface area contributed by atoms with Crippen LogP contribution in [-0.4, -0.2) is 17.1 Å². The van der Waals surface area contributed by atoms with Gasteiger partial charge in [0.25, 0.3) is 0 Å². The molecule has 1 aromatic carbocycles. The Bertz CT molecular complexity index is 753. The first kappa shape index (κ1) is 17.3. The highest BCUT2D eigenvalue weighted by atomic mass is 35.5. The van der Waals surface area contributed by atoms with Gasteiger partial charge in [-0.25, -0.2) is 4.98 Å². The summed E-state index contributed by atoms with van der Waals surface area (Å²) in [4.78, 5) is 30.0. The van der Waals surface area contributed by atoms with Gasteiger partial charge in [0.2, 0.25) is 0 Å². The molecule has 3 atom stereocenters. The molecule has 5 heteroatoms. The number of nitrogens with zero attached hydrogens (tertiary/aromatic N) is 1. The fourth-order valence-electron chi connectivity index (χ4n) is 3.40. The van der Waals surface area contributed by atoms with Gasteiger partial charge in [-0.2, -0.15) is 0 Å². The molecule has 1 saturated carbocycles. The quantitative estimate of drug-likeness (QED) is 0.552. The predicted octanol–water partition coefficient (Wildman–Crippen LogP) is 5.06. The Labute approximate surface area is 151 Å². The molecule has 3 rings (SSSR count). The molecular weight excluding hydrogens is 342 g/mol. The van der Waals surface area contributed by atoms with Crippen LogP contribution < -0.4 is 0 Å². The van der Waals surface area contributed by atoms with E-state index >= 15 is 0 Å². The van der Waals surface area contributed by atoms with Gasteiger partial charge in [0.15, 0.2) is 5.78 Å². The molecule has 3 nitrogen and oxygen atoms in total. The van der Waals surface area contributed by atoms with Crippen molar-refractivity contribution in [2.24, 2.45) is 11.8 Å². The molecular formula is C19H20ClNO2S. The van der Waals surface area contributed by atoms with Crippen molar-refractivity contribution < 1.29 is 9.59 Å². The molecule has 126 valence electrons. The Morgan fingerprint density at radius 3 is 2.62 bits per heavy atom. The second-order valence-corrected chi connectivity index (χ2v) is 8.24. The average molecular weight is 362 g/mol. The lowest BCUT2D eigenvalue weighted by molar-refractivity contribution is -0.127. The molecule has 0 bridgehead atoms. The number of halogens is 1. The molecule has 0 amide bonds. The van der Waals surface area contributed by atoms with E-state index in [1.807, 2.05) is 31.2 Å². The summed E-state index contributed by atoms with van der Waals surface area (Å²) in [6.45, 7) is 4.09. The minimum atomic E-state index is -0.738. The number of carbonyl (C=O) groups is 2. The van der Waals surface area contributed by atoms with Crippen LogP contribution in [0.2, 0.25) is 5.02 Å². The van der Waals surface area contributed by atoms with E-state index in [4.69, 9.17) is 11.6 Å². The summed E-state index contributed by atoms with van der Waals surface area (Å²) in [7, 11) is 0. The number of ketones is 1. The van der Waals surface area contributed by atoms with Crippen LogP contribution in [0.1, 0.15) is 42.7 Å². The van der Waals surface area contributed by atoms with Gasteiger partial charge >= 0.3 is 0 Å². The summed E-state index contributed by atoms with van der Waals surface area (Å²) in [6.07, 6.45) is 3.60. The third-order valence-electron chi connectivity index (χ3n) is 4.76. The number of hydrogen-bond acceptors (Lipinski definition) is 4. The number of thiazole rings is 1. The highest BCUT2D eigenvalue weighted by Gasteiger charge is 2.34. The van der Waals surface area contributed by atoms with Crippen molar-refractivity contribution >= 4 is 35.0 Å². The first-order valence-corrected chi connectivity index (χ1v) is 9.41. The van der Waals surface area contributed by atoms with Crippen LogP contribution in [0, 0.1) is 18.8 Å². The summed E-state index contributed by atoms with van der Waals surface area (Å²) in [5.41, 5.74) is 1.56. The van der Waals surface area contributed by atoms with Gasteiger partial charge in [0.1, 0.15) is 17.2 Å². The lowest BCUT2D eigenvalue weighted by Gasteiger charge is -2.13. The number of benzene rings is 1. The molecule has 0 spiro atoms. The molecule has 2 aromatic rings. The van der Waals surface area contributed by atoms with E-state index in [-0.39, 0.29) is 11.7 Å². The topological polar surface area (TPSA) is 47.0 Å². The third-order valence-corrected chi connectivity index (χ3v) is 6.05. The van der Waals surface area contributed by atoms with Crippen LogP contribution in [0.15, 0.2) is 24.3 Å². The van der Waals surface area contributed by atoms with Gasteiger partial charge in [-0.3, -0.25) is 4.79 Å². The number of carbonyl (C=O) groups excluding carboxylic acids is 2. The summed E-state index contributed by atoms with van der Waals surface area (Å²) >= 11 is 7.44. The van der Waals surface area contributed by atoms with Crippen LogP contribution >= 0.6 is 22.9 Å². The molecule has 0 aliphatic heterocycles. The fourth-order valence-corrected chi connectivity index (χ4v) is 4.49. The van der Waals surface area contributed by atoms with Crippen molar-refractivity contribution in [2.75, 3.05) is 0 Å². The molecule has 24 heavy (non-hydrogen) atoms. The molecule has 1 aliphatic rings. The number of aromatic nitrogens is 1. The third kappa shape index (κ3) is 3.45. The van der Waals surface area contributed by atoms with Gasteiger partial charge in [-0.1, -0.05) is 30.7 Å². The monoisotopic (exact) mass is 361 g/mol. The van der Waals surface area contributed by atoms with Crippen molar-refractivity contribution in [3.05, 3.63) is 39.9 Å². The Kier molecular flexibility index (Phi) is 5.16. The standard InChI is InChI=1S/C19H20ClNO2S/c1-11-3-4-14(9-11)18(23)16(10-22)17-12(2)24-19(21-17)13-5-7-15(20)8-6-13/h5-8,10-11,14,16H,3-4,9H2,1-2H3/t11-,14-,16?/m1/s1. The van der Waals surface area contributed by atoms with Gasteiger partial charge in [-0.15, -0.1) is 11.3 Å². The molecule has 1 aromatic heterocycles. The maximum absolute atomic E-state index is 12.8. The normalized spacial score (nSPS) is 21.6. The maximum atomic E-state index is 12.8. The van der Waals surface area contributed by atoms with Gasteiger partial charge in [-0.05, 0) is 44.2 Å². The van der Waals surface area contributed by atoms with Gasteiger partial charge in [0, 0.05) is 21.4 Å². The minimum Gasteiger partial charge on any atom is -0.302 e. The van der Waals surface area contributed by atoms with E-state index in [1.54, 1.807) is 0 Å². The van der Waals surface area contributed by atoms with Crippen molar-refractivity contribution in [1.82, 2.24) is 4.98 Å². The number of rotatable bonds is 5. The smallest absolute Gasteiger partial charge is 0.152 e. The number of hydrogen-bond donors (Lipinski definition) is 0. The van der Waals surface area contributed by atoms with Crippen LogP contribution in [0.4, 0.5) is 0 Å². The van der Waals surface area contributed by atoms with Crippen molar-refractivity contribution in [2.45, 2.75) is 39.0 Å². The average Bonchev–Trinajstić information content (AvgIpc) is 3.15. The molecule has 0 radical (unpaired) electrons. The largest absolute Gasteiger partial charge is 0.302 e. The molecule has 0 N–H and O–H groups in total. The van der Waals surface area contributed by atoms with Crippen LogP contribution in [-0.2, 0) is 9.59 Å². The Balaban J connectivity index is 1.88. The van der Waals surface area contributed by atoms with E-state index < -0.39 is 5.92 Å². The summed E-state index contributed by atoms with van der Waals surface area (Å²) in [6, 6.07) is 7.44. The Morgan fingerprint density at radius 2 is 2.04 bits per heavy atom. The summed E-state index contributed by atoms with van der Waals surface area (Å²) in [5, 5.41) is 1.49. The molecule has 1 fully saturated rings. The predicted molar refractivity (Wildman–Crippen MR) is 97.6 cm³/mol. The zero-order valence-electron chi connectivity index (χ0n) is 13.8. The first-order chi connectivity index (χ1) is 11.5. The number of aryl methyl sites for hydroxylation is 1. The molecule has 1 unspecified atom stereocenters. The van der Waals surface area contributed by atoms with Crippen molar-refractivity contribution in [1.29, 1.82) is 0 Å². The zero-order valence-corrected chi connectivity index (χ0v) is 15.4. The Morgan fingerprint density at radius 1 is 1.33 bits per heavy atom. The van der Waals surface area contributed by atoms with E-state index in [2.05, 4.69) is 11.9 Å². The second kappa shape index (κ2) is 7.16. The summed E-state index contributed by atoms with van der Waals surface area (Å²) in [5.74, 6) is -0.148. The van der Waals surface area contributed by atoms with Gasteiger partial charge < -0.3 is 4.79 Å². The SMILES string of the molecule is Cc1sc(-c2ccc(Cl)cc2)nc1C(C=O)C(=O)[C@@H]1CC[C@@H](C)C1. The van der Waals surface area contributed by atoms with Crippen molar-refractivity contribution in [3.63, 3.8) is 0 Å². The molecule has 1 aliphatic carbocycles. The molecule has 1 heterocycles. The lowest BCUT2D eigenvalue weighted by Crippen LogP contribution is -2.22. The van der Waals surface area contributed by atoms with Crippen LogP contribution in [0.25, 0.3) is 10.6 Å². The Hall–Kier alpha value is -1.52. The van der Waals surface area contributed by atoms with Gasteiger partial charge in [0.05, 0.1) is 5.69 Å². The van der Waals surface area contributed by atoms with Crippen LogP contribution in [0.3, 0.4) is 0 Å². The summed E-state index contributed by atoms with van der Waals surface area (Å²) < 4.78 is 0. The fraction of sp³-hybridized carbons (Fsp3) is 0.421. The highest BCUT2D eigenvalue weighted by molar-refractivity contribution is 7.15. The van der Waals surface area contributed by atoms with Crippen LogP contribution in [0.5, 0.6) is 0 Å². The minimum absolute atomic E-state index is 0.00437.